The highest BCUT2D eigenvalue weighted by atomic mass is 32.2. The second-order valence-corrected chi connectivity index (χ2v) is 6.75. The van der Waals surface area contributed by atoms with Gasteiger partial charge in [0.1, 0.15) is 5.75 Å². The number of aliphatic hydroxyl groups excluding tert-OH is 2. The molecule has 0 aliphatic carbocycles. The topological polar surface area (TPSA) is 60.7 Å². The summed E-state index contributed by atoms with van der Waals surface area (Å²) in [4.78, 5) is 2.20. The van der Waals surface area contributed by atoms with Crippen LogP contribution < -0.4 is 0 Å². The van der Waals surface area contributed by atoms with E-state index >= 15 is 0 Å². The second-order valence-electron chi connectivity index (χ2n) is 4.42. The average Bonchev–Trinajstić information content (AvgIpc) is 2.53. The van der Waals surface area contributed by atoms with Gasteiger partial charge in [0.15, 0.2) is 0 Å². The van der Waals surface area contributed by atoms with Gasteiger partial charge in [0, 0.05) is 32.4 Å². The Morgan fingerprint density at radius 2 is 1.29 bits per heavy atom. The van der Waals surface area contributed by atoms with Gasteiger partial charge >= 0.3 is 0 Å². The fourth-order valence-electron chi connectivity index (χ4n) is 1.89. The molecule has 0 aromatic heterocycles. The Morgan fingerprint density at radius 1 is 0.762 bits per heavy atom. The summed E-state index contributed by atoms with van der Waals surface area (Å²) in [6, 6.07) is 13.8. The van der Waals surface area contributed by atoms with Gasteiger partial charge in [-0.05, 0) is 24.3 Å². The molecule has 2 aromatic rings. The van der Waals surface area contributed by atoms with Crippen LogP contribution in [-0.4, -0.2) is 26.8 Å². The number of thioether (sulfide) groups is 2. The van der Waals surface area contributed by atoms with Crippen LogP contribution in [-0.2, 0) is 13.2 Å². The van der Waals surface area contributed by atoms with E-state index in [9.17, 15) is 15.3 Å². The lowest BCUT2D eigenvalue weighted by Crippen LogP contribution is -1.93. The molecule has 0 fully saturated rings. The minimum atomic E-state index is -0.230. The maximum Gasteiger partial charge on any atom is 0.126 e. The summed E-state index contributed by atoms with van der Waals surface area (Å²) >= 11 is 3.45. The first-order valence-electron chi connectivity index (χ1n) is 6.61. The number of benzene rings is 2. The van der Waals surface area contributed by atoms with Gasteiger partial charge in [0.05, 0.1) is 13.2 Å². The molecule has 0 bridgehead atoms. The van der Waals surface area contributed by atoms with E-state index in [-0.39, 0.29) is 19.0 Å². The van der Waals surface area contributed by atoms with Crippen molar-refractivity contribution in [3.8, 4) is 5.75 Å². The summed E-state index contributed by atoms with van der Waals surface area (Å²) in [6.45, 7) is -0.460. The minimum absolute atomic E-state index is 0.0111. The highest BCUT2D eigenvalue weighted by Gasteiger charge is 2.09. The third-order valence-electron chi connectivity index (χ3n) is 2.95. The smallest absolute Gasteiger partial charge is 0.126 e. The van der Waals surface area contributed by atoms with Gasteiger partial charge in [-0.2, -0.15) is 0 Å². The molecule has 0 aliphatic heterocycles. The van der Waals surface area contributed by atoms with Gasteiger partial charge in [-0.3, -0.25) is 0 Å². The lowest BCUT2D eigenvalue weighted by atomic mass is 10.1. The summed E-state index contributed by atoms with van der Waals surface area (Å²) in [7, 11) is 0. The molecule has 0 aliphatic rings. The standard InChI is InChI=1S/C16H18O3S2/c17-10-12-8-15(9-13(11-18)16(12)19)21-7-6-20-14-4-2-1-3-5-14/h1-5,8-9,17-19H,6-7,10-11H2. The Hall–Kier alpha value is -1.14. The van der Waals surface area contributed by atoms with Crippen molar-refractivity contribution >= 4 is 23.5 Å². The molecule has 3 N–H and O–H groups in total. The van der Waals surface area contributed by atoms with Crippen LogP contribution in [0.1, 0.15) is 11.1 Å². The Labute approximate surface area is 133 Å². The zero-order valence-electron chi connectivity index (χ0n) is 11.5. The molecule has 0 saturated carbocycles. The largest absolute Gasteiger partial charge is 0.507 e. The molecule has 0 unspecified atom stereocenters. The van der Waals surface area contributed by atoms with E-state index in [1.807, 2.05) is 18.2 Å². The van der Waals surface area contributed by atoms with E-state index in [0.29, 0.717) is 11.1 Å². The summed E-state index contributed by atoms with van der Waals surface area (Å²) < 4.78 is 0. The van der Waals surface area contributed by atoms with Gasteiger partial charge in [-0.25, -0.2) is 0 Å². The van der Waals surface area contributed by atoms with Crippen LogP contribution in [0.15, 0.2) is 52.3 Å². The zero-order valence-corrected chi connectivity index (χ0v) is 13.2. The zero-order chi connectivity index (χ0) is 15.1. The van der Waals surface area contributed by atoms with Crippen molar-refractivity contribution in [3.63, 3.8) is 0 Å². The van der Waals surface area contributed by atoms with Crippen molar-refractivity contribution in [1.29, 1.82) is 0 Å². The number of hydrogen-bond acceptors (Lipinski definition) is 5. The van der Waals surface area contributed by atoms with Crippen molar-refractivity contribution in [2.45, 2.75) is 23.0 Å². The van der Waals surface area contributed by atoms with Gasteiger partial charge in [-0.15, -0.1) is 23.5 Å². The first-order valence-corrected chi connectivity index (χ1v) is 8.59. The third-order valence-corrected chi connectivity index (χ3v) is 5.20. The lowest BCUT2D eigenvalue weighted by molar-refractivity contribution is 0.263. The highest BCUT2D eigenvalue weighted by Crippen LogP contribution is 2.30. The van der Waals surface area contributed by atoms with Crippen molar-refractivity contribution in [2.24, 2.45) is 0 Å². The van der Waals surface area contributed by atoms with E-state index in [1.54, 1.807) is 35.7 Å². The molecule has 0 radical (unpaired) electrons. The summed E-state index contributed by atoms with van der Waals surface area (Å²) in [5.41, 5.74) is 0.916. The van der Waals surface area contributed by atoms with Gasteiger partial charge in [0.25, 0.3) is 0 Å². The third kappa shape index (κ3) is 4.68. The fourth-order valence-corrected chi connectivity index (χ4v) is 3.83. The quantitative estimate of drug-likeness (QED) is 0.539. The van der Waals surface area contributed by atoms with Crippen LogP contribution in [0.4, 0.5) is 0 Å². The second kappa shape index (κ2) is 8.34. The van der Waals surface area contributed by atoms with Gasteiger partial charge < -0.3 is 15.3 Å². The molecule has 2 rings (SSSR count). The molecule has 5 heteroatoms. The SMILES string of the molecule is OCc1cc(SCCSc2ccccc2)cc(CO)c1O. The van der Waals surface area contributed by atoms with Crippen LogP contribution in [0.3, 0.4) is 0 Å². The van der Waals surface area contributed by atoms with E-state index in [1.165, 1.54) is 4.90 Å². The number of aliphatic hydroxyl groups is 2. The molecule has 2 aromatic carbocycles. The molecule has 0 amide bonds. The predicted molar refractivity (Wildman–Crippen MR) is 87.8 cm³/mol. The lowest BCUT2D eigenvalue weighted by Gasteiger charge is -2.10. The maximum absolute atomic E-state index is 9.80. The van der Waals surface area contributed by atoms with E-state index in [0.717, 1.165) is 16.4 Å². The molecule has 0 atom stereocenters. The minimum Gasteiger partial charge on any atom is -0.507 e. The summed E-state index contributed by atoms with van der Waals surface area (Å²) in [6.07, 6.45) is 0. The maximum atomic E-state index is 9.80. The molecule has 112 valence electrons. The Balaban J connectivity index is 1.91. The molecule has 0 saturated heterocycles. The highest BCUT2D eigenvalue weighted by molar-refractivity contribution is 8.03. The van der Waals surface area contributed by atoms with Crippen LogP contribution in [0, 0.1) is 0 Å². The van der Waals surface area contributed by atoms with Crippen LogP contribution in [0.2, 0.25) is 0 Å². The average molecular weight is 322 g/mol. The molecular weight excluding hydrogens is 304 g/mol. The summed E-state index contributed by atoms with van der Waals surface area (Å²) in [5, 5.41) is 28.3. The van der Waals surface area contributed by atoms with Crippen molar-refractivity contribution in [1.82, 2.24) is 0 Å². The van der Waals surface area contributed by atoms with Crippen LogP contribution in [0.25, 0.3) is 0 Å². The first-order chi connectivity index (χ1) is 10.2. The molecule has 0 spiro atoms. The molecule has 3 nitrogen and oxygen atoms in total. The number of phenols is 1. The number of aromatic hydroxyl groups is 1. The van der Waals surface area contributed by atoms with Crippen molar-refractivity contribution in [3.05, 3.63) is 53.6 Å². The van der Waals surface area contributed by atoms with Gasteiger partial charge in [-0.1, -0.05) is 18.2 Å². The fraction of sp³-hybridized carbons (Fsp3) is 0.250. The normalized spacial score (nSPS) is 10.8. The number of hydrogen-bond donors (Lipinski definition) is 3. The first kappa shape index (κ1) is 16.2. The Kier molecular flexibility index (Phi) is 6.45. The van der Waals surface area contributed by atoms with Crippen molar-refractivity contribution in [2.75, 3.05) is 11.5 Å². The van der Waals surface area contributed by atoms with E-state index in [4.69, 9.17) is 0 Å². The number of rotatable bonds is 7. The summed E-state index contributed by atoms with van der Waals surface area (Å²) in [5.74, 6) is 1.88. The Morgan fingerprint density at radius 3 is 1.81 bits per heavy atom. The van der Waals surface area contributed by atoms with E-state index in [2.05, 4.69) is 12.1 Å². The van der Waals surface area contributed by atoms with Crippen LogP contribution >= 0.6 is 23.5 Å². The monoisotopic (exact) mass is 322 g/mol. The van der Waals surface area contributed by atoms with E-state index < -0.39 is 0 Å². The van der Waals surface area contributed by atoms with Crippen LogP contribution in [0.5, 0.6) is 5.75 Å². The van der Waals surface area contributed by atoms with Crippen molar-refractivity contribution < 1.29 is 15.3 Å². The molecule has 0 heterocycles. The van der Waals surface area contributed by atoms with Gasteiger partial charge in [0.2, 0.25) is 0 Å². The molecule has 21 heavy (non-hydrogen) atoms. The Bertz CT molecular complexity index is 548. The molecular formula is C16H18O3S2. The predicted octanol–water partition coefficient (Wildman–Crippen LogP) is 3.26.